The number of carbonyl (C=O) groups is 15. The number of aromatic nitrogens is 2. The van der Waals surface area contributed by atoms with Gasteiger partial charge in [0.15, 0.2) is 5.96 Å². The van der Waals surface area contributed by atoms with E-state index in [0.717, 1.165) is 6.92 Å². The molecule has 0 fully saturated rings. The Morgan fingerprint density at radius 1 is 0.505 bits per heavy atom. The lowest BCUT2D eigenvalue weighted by atomic mass is 9.99. The number of rotatable bonds is 46. The van der Waals surface area contributed by atoms with Gasteiger partial charge in [0.2, 0.25) is 70.9 Å². The summed E-state index contributed by atoms with van der Waals surface area (Å²) in [6.07, 6.45) is -1.00. The van der Waals surface area contributed by atoms with Crippen LogP contribution in [0.2, 0.25) is 0 Å². The van der Waals surface area contributed by atoms with E-state index in [1.165, 1.54) is 33.3 Å². The number of aliphatic imine (C=N–C) groups is 1. The molecule has 37 nitrogen and oxygen atoms in total. The molecule has 13 atom stereocenters. The highest BCUT2D eigenvalue weighted by Gasteiger charge is 2.38. The van der Waals surface area contributed by atoms with Crippen LogP contribution in [0.4, 0.5) is 0 Å². The fourth-order valence-electron chi connectivity index (χ4n) is 9.52. The van der Waals surface area contributed by atoms with Gasteiger partial charge in [0.25, 0.3) is 0 Å². The molecule has 2 aromatic rings. The number of amides is 12. The van der Waals surface area contributed by atoms with Gasteiger partial charge in [0.05, 0.1) is 25.4 Å². The Hall–Kier alpha value is -10.3. The third-order valence-electron chi connectivity index (χ3n) is 15.5. The molecule has 12 amide bonds. The van der Waals surface area contributed by atoms with Crippen LogP contribution in [0.5, 0.6) is 0 Å². The van der Waals surface area contributed by atoms with Gasteiger partial charge >= 0.3 is 17.9 Å². The van der Waals surface area contributed by atoms with Crippen LogP contribution in [0.1, 0.15) is 131 Å². The van der Waals surface area contributed by atoms with Crippen LogP contribution < -0.4 is 81.4 Å². The van der Waals surface area contributed by atoms with Crippen molar-refractivity contribution in [2.45, 2.75) is 205 Å². The Bertz CT molecular complexity index is 3110. The van der Waals surface area contributed by atoms with Gasteiger partial charge in [0, 0.05) is 44.1 Å². The summed E-state index contributed by atoms with van der Waals surface area (Å²) < 4.78 is 0. The molecule has 0 saturated heterocycles. The number of nitrogens with zero attached hydrogens (tertiary/aromatic N) is 2. The van der Waals surface area contributed by atoms with Crippen molar-refractivity contribution in [1.29, 1.82) is 0 Å². The fraction of sp³-hybridized carbons (Fsp3) is 0.597. The third kappa shape index (κ3) is 31.2. The van der Waals surface area contributed by atoms with Crippen LogP contribution >= 0.6 is 0 Å². The largest absolute Gasteiger partial charge is 0.481 e. The first-order valence-electron chi connectivity index (χ1n) is 32.2. The zero-order valence-electron chi connectivity index (χ0n) is 56.7. The molecule has 99 heavy (non-hydrogen) atoms. The highest BCUT2D eigenvalue weighted by atomic mass is 16.4. The van der Waals surface area contributed by atoms with Crippen LogP contribution in [0, 0.1) is 17.8 Å². The number of hydrogen-bond acceptors (Lipinski definition) is 19. The van der Waals surface area contributed by atoms with Crippen LogP contribution in [-0.4, -0.2) is 211 Å². The van der Waals surface area contributed by atoms with E-state index in [1.54, 1.807) is 58.0 Å². The van der Waals surface area contributed by atoms with E-state index in [-0.39, 0.29) is 62.9 Å². The standard InChI is InChI=1S/C62H98N18O19/c1-9-32(7)48(63)60(98)79-44(28-81)59(97)74-39(19-21-46(84)85)55(93)80-49(31(5)6)61(99)71-36(10-2)52(90)76-41(23-30(3)4)57(95)78-43(26-47(86)87)56(94)70-33(8)51(89)72-38(18-20-45(82)83)54(92)77-42(24-34-15-12-11-13-16-34)58(96)73-37(17-14-22-68-62(65)66)53(91)75-40(50(64)88)25-35-27-67-29-69-35/h11-13,15-16,27,29-33,36-44,48-49,81H,9-10,14,17-26,28,63H2,1-8H3,(H2,64,88)(H,67,69)(H,70,94)(H,71,99)(H,72,89)(H,73,96)(H,74,97)(H,75,91)(H,76,90)(H,77,92)(H,78,95)(H,79,98)(H,80,93)(H,82,83)(H,84,85)(H,86,87)(H4,65,66,68)/t32-,33-,36-,37-,38-,39-,40-,41-,42-,43-,44-,48-,49-/m0/s1. The van der Waals surface area contributed by atoms with Gasteiger partial charge in [-0.2, -0.15) is 0 Å². The number of nitrogens with one attached hydrogen (secondary N) is 12. The molecule has 550 valence electrons. The van der Waals surface area contributed by atoms with Gasteiger partial charge in [-0.1, -0.05) is 85.2 Å². The van der Waals surface area contributed by atoms with Crippen molar-refractivity contribution in [1.82, 2.24) is 68.5 Å². The molecule has 24 N–H and O–H groups in total. The van der Waals surface area contributed by atoms with Crippen LogP contribution in [-0.2, 0) is 84.8 Å². The summed E-state index contributed by atoms with van der Waals surface area (Å²) in [5.41, 5.74) is 23.5. The molecule has 0 bridgehead atoms. The number of primary amides is 1. The summed E-state index contributed by atoms with van der Waals surface area (Å²) in [6.45, 7) is 11.5. The molecule has 1 aromatic heterocycles. The molecular weight excluding hydrogens is 1300 g/mol. The number of carboxylic acid groups (broad SMARTS) is 3. The van der Waals surface area contributed by atoms with Crippen LogP contribution in [0.25, 0.3) is 0 Å². The zero-order chi connectivity index (χ0) is 74.8. The quantitative estimate of drug-likeness (QED) is 0.0167. The summed E-state index contributed by atoms with van der Waals surface area (Å²) in [5, 5.41) is 65.6. The number of carbonyl (C=O) groups excluding carboxylic acids is 12. The second-order valence-corrected chi connectivity index (χ2v) is 24.4. The number of aliphatic hydroxyl groups is 1. The van der Waals surface area contributed by atoms with Gasteiger partial charge < -0.3 is 107 Å². The number of hydrogen-bond donors (Lipinski definition) is 20. The first kappa shape index (κ1) is 84.8. The van der Waals surface area contributed by atoms with E-state index in [0.29, 0.717) is 17.7 Å². The van der Waals surface area contributed by atoms with Crippen LogP contribution in [0.15, 0.2) is 47.8 Å². The molecule has 0 radical (unpaired) electrons. The number of benzene rings is 1. The minimum absolute atomic E-state index is 0.00196. The van der Waals surface area contributed by atoms with Gasteiger partial charge in [-0.3, -0.25) is 76.9 Å². The van der Waals surface area contributed by atoms with Gasteiger partial charge in [0.1, 0.15) is 66.5 Å². The van der Waals surface area contributed by atoms with Crippen LogP contribution in [0.3, 0.4) is 0 Å². The smallest absolute Gasteiger partial charge is 0.305 e. The predicted octanol–water partition coefficient (Wildman–Crippen LogP) is -5.23. The van der Waals surface area contributed by atoms with Crippen molar-refractivity contribution in [3.8, 4) is 0 Å². The molecule has 1 aromatic carbocycles. The lowest BCUT2D eigenvalue weighted by Crippen LogP contribution is -2.61. The molecule has 0 spiro atoms. The Morgan fingerprint density at radius 3 is 1.46 bits per heavy atom. The minimum atomic E-state index is -1.96. The maximum Gasteiger partial charge on any atom is 0.305 e. The maximum absolute atomic E-state index is 14.3. The number of aliphatic carboxylic acids is 3. The lowest BCUT2D eigenvalue weighted by Gasteiger charge is -2.29. The lowest BCUT2D eigenvalue weighted by molar-refractivity contribution is -0.142. The van der Waals surface area contributed by atoms with Gasteiger partial charge in [-0.25, -0.2) is 4.98 Å². The molecule has 2 rings (SSSR count). The van der Waals surface area contributed by atoms with Crippen molar-refractivity contribution in [3.63, 3.8) is 0 Å². The minimum Gasteiger partial charge on any atom is -0.481 e. The number of aliphatic hydroxyl groups excluding tert-OH is 1. The normalized spacial score (nSPS) is 15.0. The van der Waals surface area contributed by atoms with E-state index in [4.69, 9.17) is 22.9 Å². The van der Waals surface area contributed by atoms with E-state index >= 15 is 0 Å². The summed E-state index contributed by atoms with van der Waals surface area (Å²) in [6, 6.07) is -10.2. The second-order valence-electron chi connectivity index (χ2n) is 24.4. The molecule has 37 heteroatoms. The van der Waals surface area contributed by atoms with E-state index in [9.17, 15) is 92.3 Å². The average molecular weight is 1400 g/mol. The van der Waals surface area contributed by atoms with E-state index < -0.39 is 206 Å². The molecular formula is C62H98N18O19. The van der Waals surface area contributed by atoms with Crippen molar-refractivity contribution in [2.24, 2.45) is 45.7 Å². The number of guanidine groups is 1. The summed E-state index contributed by atoms with van der Waals surface area (Å²) in [7, 11) is 0. The highest BCUT2D eigenvalue weighted by Crippen LogP contribution is 2.14. The monoisotopic (exact) mass is 1400 g/mol. The first-order chi connectivity index (χ1) is 46.5. The Morgan fingerprint density at radius 2 is 0.970 bits per heavy atom. The maximum atomic E-state index is 14.3. The third-order valence-corrected chi connectivity index (χ3v) is 15.5. The highest BCUT2D eigenvalue weighted by molar-refractivity contribution is 6.00. The zero-order valence-corrected chi connectivity index (χ0v) is 56.7. The molecule has 1 heterocycles. The number of H-pyrrole nitrogens is 1. The predicted molar refractivity (Wildman–Crippen MR) is 354 cm³/mol. The van der Waals surface area contributed by atoms with Crippen molar-refractivity contribution >= 4 is 94.8 Å². The van der Waals surface area contributed by atoms with Gasteiger partial charge in [-0.15, -0.1) is 0 Å². The molecule has 0 aliphatic rings. The SMILES string of the molecule is CC[C@H](NC(=O)[C@@H](NC(=O)[C@H](CCC(=O)O)NC(=O)[C@H](CO)NC(=O)[C@@H](N)[C@@H](C)CC)C(C)C)C(=O)N[C@@H](CC(C)C)C(=O)N[C@@H](CC(=O)O)C(=O)N[C@@H](C)C(=O)N[C@@H](CCC(=O)O)C(=O)N[C@@H](Cc1ccccc1)C(=O)N[C@@H](CCCN=C(N)N)C(=O)N[C@@H](Cc1cnc[nH]1)C(N)=O. The number of imidazole rings is 1. The number of aromatic amines is 1. The van der Waals surface area contributed by atoms with Gasteiger partial charge in [-0.05, 0) is 68.8 Å². The summed E-state index contributed by atoms with van der Waals surface area (Å²) in [5.74, 6) is -18.3. The Balaban J connectivity index is 2.38. The molecule has 0 saturated carbocycles. The van der Waals surface area contributed by atoms with E-state index in [1.807, 2.05) is 0 Å². The van der Waals surface area contributed by atoms with E-state index in [2.05, 4.69) is 73.4 Å². The number of carboxylic acids is 3. The molecule has 0 unspecified atom stereocenters. The Labute approximate surface area is 571 Å². The first-order valence-corrected chi connectivity index (χ1v) is 32.2. The van der Waals surface area contributed by atoms with Crippen molar-refractivity contribution in [3.05, 3.63) is 54.1 Å². The average Bonchev–Trinajstić information content (AvgIpc) is 1.06. The topological polar surface area (TPSA) is 614 Å². The second kappa shape index (κ2) is 43.1. The molecule has 0 aliphatic carbocycles. The number of nitrogens with two attached hydrogens (primary N) is 4. The Kier molecular flexibility index (Phi) is 36.9. The van der Waals surface area contributed by atoms with Crippen molar-refractivity contribution in [2.75, 3.05) is 13.2 Å². The van der Waals surface area contributed by atoms with Crippen molar-refractivity contribution < 1.29 is 92.3 Å². The molecule has 0 aliphatic heterocycles. The summed E-state index contributed by atoms with van der Waals surface area (Å²) >= 11 is 0. The summed E-state index contributed by atoms with van der Waals surface area (Å²) in [4.78, 5) is 211. The fourth-order valence-corrected chi connectivity index (χ4v) is 9.52.